The van der Waals surface area contributed by atoms with Crippen molar-refractivity contribution in [2.75, 3.05) is 31.7 Å². The smallest absolute Gasteiger partial charge is 0.241 e. The van der Waals surface area contributed by atoms with E-state index < -0.39 is 0 Å². The summed E-state index contributed by atoms with van der Waals surface area (Å²) in [5, 5.41) is 6.29. The van der Waals surface area contributed by atoms with E-state index in [2.05, 4.69) is 10.6 Å². The van der Waals surface area contributed by atoms with Crippen molar-refractivity contribution < 1.29 is 14.3 Å². The van der Waals surface area contributed by atoms with Gasteiger partial charge in [-0.05, 0) is 56.7 Å². The van der Waals surface area contributed by atoms with E-state index in [0.717, 1.165) is 68.9 Å². The molecule has 24 heavy (non-hydrogen) atoms. The fourth-order valence-electron chi connectivity index (χ4n) is 3.26. The van der Waals surface area contributed by atoms with Gasteiger partial charge < -0.3 is 20.1 Å². The second-order valence-electron chi connectivity index (χ2n) is 6.84. The Morgan fingerprint density at radius 2 is 2.12 bits per heavy atom. The number of hydrogen-bond donors (Lipinski definition) is 2. The number of carbonyl (C=O) groups is 1. The minimum atomic E-state index is -0.0772. The molecule has 2 N–H and O–H groups in total. The molecule has 5 heteroatoms. The lowest BCUT2D eigenvalue weighted by atomic mass is 10.0. The van der Waals surface area contributed by atoms with Crippen molar-refractivity contribution in [2.24, 2.45) is 5.92 Å². The molecule has 0 radical (unpaired) electrons. The van der Waals surface area contributed by atoms with Gasteiger partial charge in [-0.2, -0.15) is 0 Å². The first-order valence-electron chi connectivity index (χ1n) is 9.08. The van der Waals surface area contributed by atoms with Crippen molar-refractivity contribution in [3.8, 4) is 5.75 Å². The number of benzene rings is 1. The number of aryl methyl sites for hydroxylation is 1. The summed E-state index contributed by atoms with van der Waals surface area (Å²) in [6.45, 7) is 5.33. The van der Waals surface area contributed by atoms with Gasteiger partial charge in [-0.25, -0.2) is 0 Å². The minimum Gasteiger partial charge on any atom is -0.493 e. The van der Waals surface area contributed by atoms with Crippen LogP contribution in [0, 0.1) is 12.8 Å². The molecule has 2 aliphatic rings. The number of piperidine rings is 1. The fraction of sp³-hybridized carbons (Fsp3) is 0.632. The Balaban J connectivity index is 1.57. The van der Waals surface area contributed by atoms with Crippen molar-refractivity contribution in [3.05, 3.63) is 23.8 Å². The molecule has 0 bridgehead atoms. The third kappa shape index (κ3) is 4.71. The van der Waals surface area contributed by atoms with Crippen molar-refractivity contribution in [2.45, 2.75) is 45.1 Å². The van der Waals surface area contributed by atoms with Crippen LogP contribution in [0.25, 0.3) is 0 Å². The van der Waals surface area contributed by atoms with Crippen molar-refractivity contribution >= 4 is 11.6 Å². The van der Waals surface area contributed by atoms with E-state index in [4.69, 9.17) is 9.47 Å². The summed E-state index contributed by atoms with van der Waals surface area (Å²) in [7, 11) is 0. The Kier molecular flexibility index (Phi) is 6.10. The summed E-state index contributed by atoms with van der Waals surface area (Å²) in [6, 6.07) is 5.81. The molecule has 1 aromatic rings. The van der Waals surface area contributed by atoms with E-state index in [0.29, 0.717) is 12.5 Å². The maximum atomic E-state index is 12.3. The van der Waals surface area contributed by atoms with E-state index in [9.17, 15) is 4.79 Å². The Morgan fingerprint density at radius 1 is 1.29 bits per heavy atom. The molecule has 0 saturated carbocycles. The van der Waals surface area contributed by atoms with Crippen LogP contribution in [-0.4, -0.2) is 38.3 Å². The summed E-state index contributed by atoms with van der Waals surface area (Å²) in [5.41, 5.74) is 1.90. The third-order valence-electron chi connectivity index (χ3n) is 4.90. The Hall–Kier alpha value is -1.59. The number of anilines is 1. The number of carbonyl (C=O) groups excluding carboxylic acids is 1. The molecule has 2 aliphatic heterocycles. The summed E-state index contributed by atoms with van der Waals surface area (Å²) in [5.74, 6) is 1.47. The van der Waals surface area contributed by atoms with E-state index in [1.54, 1.807) is 0 Å². The van der Waals surface area contributed by atoms with E-state index in [1.807, 2.05) is 25.1 Å². The first-order chi connectivity index (χ1) is 11.7. The molecular formula is C19H28N2O3. The first kappa shape index (κ1) is 17.2. The van der Waals surface area contributed by atoms with Gasteiger partial charge in [0.25, 0.3) is 0 Å². The zero-order valence-corrected chi connectivity index (χ0v) is 14.5. The zero-order chi connectivity index (χ0) is 16.8. The highest BCUT2D eigenvalue weighted by Gasteiger charge is 2.21. The van der Waals surface area contributed by atoms with Crippen LogP contribution >= 0.6 is 0 Å². The molecule has 5 nitrogen and oxygen atoms in total. The fourth-order valence-corrected chi connectivity index (χ4v) is 3.26. The molecule has 2 heterocycles. The Bertz CT molecular complexity index is 550. The van der Waals surface area contributed by atoms with Crippen LogP contribution in [0.15, 0.2) is 18.2 Å². The van der Waals surface area contributed by atoms with Gasteiger partial charge in [0.2, 0.25) is 5.91 Å². The molecule has 0 aliphatic carbocycles. The molecule has 132 valence electrons. The number of rotatable bonds is 5. The lowest BCUT2D eigenvalue weighted by molar-refractivity contribution is -0.118. The van der Waals surface area contributed by atoms with Crippen LogP contribution in [0.5, 0.6) is 5.75 Å². The molecule has 1 atom stereocenters. The molecule has 1 aromatic carbocycles. The van der Waals surface area contributed by atoms with Crippen LogP contribution in [0.1, 0.15) is 37.7 Å². The van der Waals surface area contributed by atoms with Gasteiger partial charge >= 0.3 is 0 Å². The third-order valence-corrected chi connectivity index (χ3v) is 4.90. The van der Waals surface area contributed by atoms with Gasteiger partial charge in [-0.3, -0.25) is 4.79 Å². The van der Waals surface area contributed by atoms with Crippen molar-refractivity contribution in [1.82, 2.24) is 5.32 Å². The first-order valence-corrected chi connectivity index (χ1v) is 9.08. The SMILES string of the molecule is Cc1ccc(NC(=O)C2CCCCN2)cc1OCC1CCOCC1. The van der Waals surface area contributed by atoms with E-state index in [-0.39, 0.29) is 11.9 Å². The summed E-state index contributed by atoms with van der Waals surface area (Å²) in [4.78, 5) is 12.3. The Labute approximate surface area is 144 Å². The molecule has 1 unspecified atom stereocenters. The lowest BCUT2D eigenvalue weighted by Gasteiger charge is -2.23. The summed E-state index contributed by atoms with van der Waals surface area (Å²) >= 11 is 0. The highest BCUT2D eigenvalue weighted by Crippen LogP contribution is 2.25. The topological polar surface area (TPSA) is 59.6 Å². The highest BCUT2D eigenvalue weighted by atomic mass is 16.5. The van der Waals surface area contributed by atoms with E-state index >= 15 is 0 Å². The van der Waals surface area contributed by atoms with Gasteiger partial charge in [-0.1, -0.05) is 12.5 Å². The minimum absolute atomic E-state index is 0.0499. The van der Waals surface area contributed by atoms with E-state index in [1.165, 1.54) is 0 Å². The van der Waals surface area contributed by atoms with Crippen LogP contribution in [-0.2, 0) is 9.53 Å². The highest BCUT2D eigenvalue weighted by molar-refractivity contribution is 5.95. The molecule has 0 aromatic heterocycles. The van der Waals surface area contributed by atoms with Gasteiger partial charge in [0.1, 0.15) is 5.75 Å². The Morgan fingerprint density at radius 3 is 2.88 bits per heavy atom. The monoisotopic (exact) mass is 332 g/mol. The molecule has 0 spiro atoms. The average molecular weight is 332 g/mol. The molecule has 3 rings (SSSR count). The maximum absolute atomic E-state index is 12.3. The lowest BCUT2D eigenvalue weighted by Crippen LogP contribution is -2.43. The van der Waals surface area contributed by atoms with Crippen molar-refractivity contribution in [3.63, 3.8) is 0 Å². The number of amides is 1. The van der Waals surface area contributed by atoms with Gasteiger partial charge in [-0.15, -0.1) is 0 Å². The van der Waals surface area contributed by atoms with Gasteiger partial charge in [0.05, 0.1) is 12.6 Å². The summed E-state index contributed by atoms with van der Waals surface area (Å²) < 4.78 is 11.4. The summed E-state index contributed by atoms with van der Waals surface area (Å²) in [6.07, 6.45) is 5.29. The second kappa shape index (κ2) is 8.49. The van der Waals surface area contributed by atoms with Crippen LogP contribution in [0.3, 0.4) is 0 Å². The molecule has 2 fully saturated rings. The number of nitrogens with one attached hydrogen (secondary N) is 2. The number of hydrogen-bond acceptors (Lipinski definition) is 4. The standard InChI is InChI=1S/C19H28N2O3/c1-14-5-6-16(21-19(22)17-4-2-3-9-20-17)12-18(14)24-13-15-7-10-23-11-8-15/h5-6,12,15,17,20H,2-4,7-11,13H2,1H3,(H,21,22). The number of ether oxygens (including phenoxy) is 2. The van der Waals surface area contributed by atoms with Crippen LogP contribution < -0.4 is 15.4 Å². The van der Waals surface area contributed by atoms with Crippen molar-refractivity contribution in [1.29, 1.82) is 0 Å². The largest absolute Gasteiger partial charge is 0.493 e. The maximum Gasteiger partial charge on any atom is 0.241 e. The quantitative estimate of drug-likeness (QED) is 0.870. The normalized spacial score (nSPS) is 22.1. The predicted molar refractivity (Wildman–Crippen MR) is 94.5 cm³/mol. The zero-order valence-electron chi connectivity index (χ0n) is 14.5. The van der Waals surface area contributed by atoms with Crippen LogP contribution in [0.4, 0.5) is 5.69 Å². The average Bonchev–Trinajstić information content (AvgIpc) is 2.63. The predicted octanol–water partition coefficient (Wildman–Crippen LogP) is 2.88. The molecule has 2 saturated heterocycles. The molecular weight excluding hydrogens is 304 g/mol. The van der Waals surface area contributed by atoms with Crippen LogP contribution in [0.2, 0.25) is 0 Å². The van der Waals surface area contributed by atoms with Gasteiger partial charge in [0.15, 0.2) is 0 Å². The molecule has 1 amide bonds. The second-order valence-corrected chi connectivity index (χ2v) is 6.84. The van der Waals surface area contributed by atoms with Gasteiger partial charge in [0, 0.05) is 25.0 Å².